The molecule has 2 aromatic rings. The average molecular weight is 266 g/mol. The molecule has 2 rings (SSSR count). The standard InChI is InChI=1S/C13H12ClNO3/c1-2-7-17-10-5-3-9(4-6-10)11-8-12(13(14)16)18-15-11/h3-6,8H,2,7H2,1H3. The zero-order valence-corrected chi connectivity index (χ0v) is 10.6. The minimum atomic E-state index is -0.656. The summed E-state index contributed by atoms with van der Waals surface area (Å²) in [5, 5.41) is 3.12. The van der Waals surface area contributed by atoms with Crippen molar-refractivity contribution in [3.05, 3.63) is 36.1 Å². The molecular formula is C13H12ClNO3. The van der Waals surface area contributed by atoms with E-state index < -0.39 is 5.24 Å². The molecule has 1 aromatic heterocycles. The molecule has 0 saturated carbocycles. The molecule has 0 aliphatic carbocycles. The maximum Gasteiger partial charge on any atom is 0.290 e. The van der Waals surface area contributed by atoms with Gasteiger partial charge in [-0.05, 0) is 42.3 Å². The second-order valence-electron chi connectivity index (χ2n) is 3.72. The first-order chi connectivity index (χ1) is 8.70. The van der Waals surface area contributed by atoms with Crippen LogP contribution in [0.1, 0.15) is 23.9 Å². The van der Waals surface area contributed by atoms with E-state index in [0.29, 0.717) is 12.3 Å². The van der Waals surface area contributed by atoms with Crippen molar-refractivity contribution in [3.8, 4) is 17.0 Å². The first-order valence-electron chi connectivity index (χ1n) is 5.60. The third kappa shape index (κ3) is 2.90. The highest BCUT2D eigenvalue weighted by atomic mass is 35.5. The van der Waals surface area contributed by atoms with Crippen molar-refractivity contribution in [1.29, 1.82) is 0 Å². The van der Waals surface area contributed by atoms with Crippen LogP contribution in [0.15, 0.2) is 34.9 Å². The van der Waals surface area contributed by atoms with Crippen molar-refractivity contribution < 1.29 is 14.1 Å². The van der Waals surface area contributed by atoms with Crippen LogP contribution in [0, 0.1) is 0 Å². The fraction of sp³-hybridized carbons (Fsp3) is 0.231. The lowest BCUT2D eigenvalue weighted by Crippen LogP contribution is -1.94. The lowest BCUT2D eigenvalue weighted by atomic mass is 10.1. The van der Waals surface area contributed by atoms with Crippen molar-refractivity contribution in [3.63, 3.8) is 0 Å². The summed E-state index contributed by atoms with van der Waals surface area (Å²) in [4.78, 5) is 10.9. The number of halogens is 1. The van der Waals surface area contributed by atoms with Crippen molar-refractivity contribution >= 4 is 16.8 Å². The maximum absolute atomic E-state index is 10.9. The van der Waals surface area contributed by atoms with Crippen molar-refractivity contribution in [2.24, 2.45) is 0 Å². The van der Waals surface area contributed by atoms with Gasteiger partial charge in [0.1, 0.15) is 11.4 Å². The van der Waals surface area contributed by atoms with Gasteiger partial charge in [-0.15, -0.1) is 0 Å². The molecule has 0 bridgehead atoms. The topological polar surface area (TPSA) is 52.3 Å². The number of aromatic nitrogens is 1. The van der Waals surface area contributed by atoms with Crippen LogP contribution >= 0.6 is 11.6 Å². The highest BCUT2D eigenvalue weighted by molar-refractivity contribution is 6.67. The lowest BCUT2D eigenvalue weighted by molar-refractivity contribution is 0.104. The van der Waals surface area contributed by atoms with Gasteiger partial charge in [-0.3, -0.25) is 4.79 Å². The fourth-order valence-electron chi connectivity index (χ4n) is 1.45. The summed E-state index contributed by atoms with van der Waals surface area (Å²) in [6.45, 7) is 2.74. The number of rotatable bonds is 5. The maximum atomic E-state index is 10.9. The Morgan fingerprint density at radius 2 is 2.11 bits per heavy atom. The SMILES string of the molecule is CCCOc1ccc(-c2cc(C(=O)Cl)on2)cc1. The van der Waals surface area contributed by atoms with Crippen LogP contribution in [0.3, 0.4) is 0 Å². The molecule has 1 aromatic carbocycles. The highest BCUT2D eigenvalue weighted by Gasteiger charge is 2.11. The first-order valence-corrected chi connectivity index (χ1v) is 5.98. The van der Waals surface area contributed by atoms with Crippen molar-refractivity contribution in [2.45, 2.75) is 13.3 Å². The van der Waals surface area contributed by atoms with Crippen LogP contribution < -0.4 is 4.74 Å². The fourth-order valence-corrected chi connectivity index (χ4v) is 1.53. The molecule has 5 heteroatoms. The Morgan fingerprint density at radius 3 is 2.67 bits per heavy atom. The summed E-state index contributed by atoms with van der Waals surface area (Å²) in [5.41, 5.74) is 1.41. The summed E-state index contributed by atoms with van der Waals surface area (Å²) < 4.78 is 10.3. The molecule has 0 N–H and O–H groups in total. The Bertz CT molecular complexity index is 533. The monoisotopic (exact) mass is 265 g/mol. The van der Waals surface area contributed by atoms with Gasteiger partial charge in [-0.2, -0.15) is 0 Å². The summed E-state index contributed by atoms with van der Waals surface area (Å²) >= 11 is 5.29. The van der Waals surface area contributed by atoms with Crippen LogP contribution in [-0.4, -0.2) is 17.0 Å². The average Bonchev–Trinajstić information content (AvgIpc) is 2.87. The number of hydrogen-bond donors (Lipinski definition) is 0. The predicted octanol–water partition coefficient (Wildman–Crippen LogP) is 3.51. The van der Waals surface area contributed by atoms with E-state index in [1.807, 2.05) is 24.3 Å². The zero-order valence-electron chi connectivity index (χ0n) is 9.85. The van der Waals surface area contributed by atoms with Gasteiger partial charge in [0.25, 0.3) is 5.24 Å². The van der Waals surface area contributed by atoms with E-state index in [1.165, 1.54) is 6.07 Å². The lowest BCUT2D eigenvalue weighted by Gasteiger charge is -2.04. The minimum Gasteiger partial charge on any atom is -0.494 e. The van der Waals surface area contributed by atoms with E-state index in [-0.39, 0.29) is 5.76 Å². The van der Waals surface area contributed by atoms with E-state index in [4.69, 9.17) is 20.9 Å². The smallest absolute Gasteiger partial charge is 0.290 e. The number of nitrogens with zero attached hydrogens (tertiary/aromatic N) is 1. The Labute approximate surface area is 109 Å². The van der Waals surface area contributed by atoms with Gasteiger partial charge in [0, 0.05) is 11.6 Å². The molecule has 0 atom stereocenters. The molecule has 0 aliphatic heterocycles. The van der Waals surface area contributed by atoms with Gasteiger partial charge in [-0.1, -0.05) is 12.1 Å². The van der Waals surface area contributed by atoms with Crippen LogP contribution in [0.5, 0.6) is 5.75 Å². The normalized spacial score (nSPS) is 10.3. The molecule has 18 heavy (non-hydrogen) atoms. The highest BCUT2D eigenvalue weighted by Crippen LogP contribution is 2.22. The number of benzene rings is 1. The van der Waals surface area contributed by atoms with Crippen molar-refractivity contribution in [2.75, 3.05) is 6.61 Å². The Hall–Kier alpha value is -1.81. The summed E-state index contributed by atoms with van der Waals surface area (Å²) in [6.07, 6.45) is 0.965. The molecule has 0 spiro atoms. The van der Waals surface area contributed by atoms with Crippen LogP contribution in [0.4, 0.5) is 0 Å². The molecule has 1 heterocycles. The molecule has 0 saturated heterocycles. The number of carbonyl (C=O) groups excluding carboxylic acids is 1. The van der Waals surface area contributed by atoms with Crippen LogP contribution in [-0.2, 0) is 0 Å². The number of ether oxygens (including phenoxy) is 1. The Kier molecular flexibility index (Phi) is 3.99. The molecule has 0 radical (unpaired) electrons. The predicted molar refractivity (Wildman–Crippen MR) is 67.9 cm³/mol. The molecule has 0 unspecified atom stereocenters. The van der Waals surface area contributed by atoms with E-state index in [2.05, 4.69) is 12.1 Å². The zero-order chi connectivity index (χ0) is 13.0. The van der Waals surface area contributed by atoms with Crippen molar-refractivity contribution in [1.82, 2.24) is 5.16 Å². The molecule has 0 aliphatic rings. The van der Waals surface area contributed by atoms with Gasteiger partial charge in [0.15, 0.2) is 0 Å². The van der Waals surface area contributed by atoms with E-state index in [0.717, 1.165) is 17.7 Å². The second kappa shape index (κ2) is 5.69. The molecule has 0 amide bonds. The third-order valence-corrected chi connectivity index (χ3v) is 2.51. The van der Waals surface area contributed by atoms with Gasteiger partial charge < -0.3 is 9.26 Å². The van der Waals surface area contributed by atoms with E-state index in [9.17, 15) is 4.79 Å². The van der Waals surface area contributed by atoms with E-state index >= 15 is 0 Å². The number of hydrogen-bond acceptors (Lipinski definition) is 4. The summed E-state index contributed by atoms with van der Waals surface area (Å²) in [7, 11) is 0. The third-order valence-electron chi connectivity index (χ3n) is 2.33. The van der Waals surface area contributed by atoms with Gasteiger partial charge in [0.2, 0.25) is 5.76 Å². The van der Waals surface area contributed by atoms with E-state index in [1.54, 1.807) is 0 Å². The quantitative estimate of drug-likeness (QED) is 0.776. The van der Waals surface area contributed by atoms with Crippen LogP contribution in [0.25, 0.3) is 11.3 Å². The molecule has 4 nitrogen and oxygen atoms in total. The molecular weight excluding hydrogens is 254 g/mol. The minimum absolute atomic E-state index is 0.0398. The Balaban J connectivity index is 2.15. The van der Waals surface area contributed by atoms with Gasteiger partial charge >= 0.3 is 0 Å². The largest absolute Gasteiger partial charge is 0.494 e. The first kappa shape index (κ1) is 12.6. The van der Waals surface area contributed by atoms with Gasteiger partial charge in [-0.25, -0.2) is 0 Å². The van der Waals surface area contributed by atoms with Gasteiger partial charge in [0.05, 0.1) is 6.61 Å². The molecule has 94 valence electrons. The molecule has 0 fully saturated rings. The second-order valence-corrected chi connectivity index (χ2v) is 4.07. The summed E-state index contributed by atoms with van der Waals surface area (Å²) in [5.74, 6) is 0.843. The number of carbonyl (C=O) groups is 1. The summed E-state index contributed by atoms with van der Waals surface area (Å²) in [6, 6.07) is 8.91. The van der Waals surface area contributed by atoms with Crippen LogP contribution in [0.2, 0.25) is 0 Å². The Morgan fingerprint density at radius 1 is 1.39 bits per heavy atom.